The van der Waals surface area contributed by atoms with Gasteiger partial charge in [0.05, 0.1) is 12.8 Å². The van der Waals surface area contributed by atoms with Gasteiger partial charge in [0.15, 0.2) is 0 Å². The second-order valence-corrected chi connectivity index (χ2v) is 5.53. The number of hydrogen-bond donors (Lipinski definition) is 1. The monoisotopic (exact) mass is 334 g/mol. The predicted molar refractivity (Wildman–Crippen MR) is 85.7 cm³/mol. The van der Waals surface area contributed by atoms with Gasteiger partial charge in [0.2, 0.25) is 5.76 Å². The number of hydrogen-bond acceptors (Lipinski definition) is 4. The summed E-state index contributed by atoms with van der Waals surface area (Å²) in [5, 5.41) is 13.4. The summed E-state index contributed by atoms with van der Waals surface area (Å²) in [5.41, 5.74) is 1.45. The molecule has 2 aromatic rings. The topological polar surface area (TPSA) is 73.6 Å². The van der Waals surface area contributed by atoms with Crippen LogP contribution in [0.5, 0.6) is 5.75 Å². The lowest BCUT2D eigenvalue weighted by Crippen LogP contribution is -2.10. The van der Waals surface area contributed by atoms with Gasteiger partial charge in [-0.15, -0.1) is 0 Å². The molecule has 0 spiro atoms. The fraction of sp³-hybridized carbons (Fsp3) is 0.294. The molecule has 24 heavy (non-hydrogen) atoms. The third kappa shape index (κ3) is 3.73. The maximum absolute atomic E-state index is 14.3. The molecule has 1 aromatic heterocycles. The van der Waals surface area contributed by atoms with E-state index in [-0.39, 0.29) is 17.4 Å². The first-order valence-corrected chi connectivity index (χ1v) is 7.33. The zero-order chi connectivity index (χ0) is 17.9. The van der Waals surface area contributed by atoms with Gasteiger partial charge in [-0.25, -0.2) is 13.9 Å². The molecular formula is C17H19FN2O4. The summed E-state index contributed by atoms with van der Waals surface area (Å²) < 4.78 is 25.7. The first kappa shape index (κ1) is 17.5. The summed E-state index contributed by atoms with van der Waals surface area (Å²) >= 11 is 0. The fourth-order valence-corrected chi connectivity index (χ4v) is 2.05. The Morgan fingerprint density at radius 1 is 1.42 bits per heavy atom. The van der Waals surface area contributed by atoms with E-state index in [1.54, 1.807) is 19.2 Å². The van der Waals surface area contributed by atoms with E-state index >= 15 is 0 Å². The Hall–Kier alpha value is -2.83. The Morgan fingerprint density at radius 2 is 2.12 bits per heavy atom. The molecule has 0 bridgehead atoms. The second kappa shape index (κ2) is 7.16. The van der Waals surface area contributed by atoms with E-state index in [0.29, 0.717) is 5.56 Å². The minimum Gasteiger partial charge on any atom is -0.500 e. The summed E-state index contributed by atoms with van der Waals surface area (Å²) in [6, 6.07) is 4.49. The van der Waals surface area contributed by atoms with Gasteiger partial charge in [-0.1, -0.05) is 13.8 Å². The minimum absolute atomic E-state index is 0.171. The number of aryl methyl sites for hydroxylation is 1. The average Bonchev–Trinajstić information content (AvgIpc) is 2.98. The van der Waals surface area contributed by atoms with Gasteiger partial charge in [-0.2, -0.15) is 5.10 Å². The van der Waals surface area contributed by atoms with Crippen LogP contribution in [0.4, 0.5) is 4.39 Å². The van der Waals surface area contributed by atoms with Crippen molar-refractivity contribution >= 4 is 5.97 Å². The number of carbonyl (C=O) groups is 1. The van der Waals surface area contributed by atoms with Gasteiger partial charge in [0.25, 0.3) is 0 Å². The Kier molecular flexibility index (Phi) is 5.23. The third-order valence-corrected chi connectivity index (χ3v) is 3.35. The smallest absolute Gasteiger partial charge is 0.375 e. The second-order valence-electron chi connectivity index (χ2n) is 5.53. The Morgan fingerprint density at radius 3 is 2.67 bits per heavy atom. The molecule has 128 valence electrons. The van der Waals surface area contributed by atoms with E-state index in [9.17, 15) is 9.18 Å². The van der Waals surface area contributed by atoms with Crippen molar-refractivity contribution in [3.05, 3.63) is 53.5 Å². The van der Waals surface area contributed by atoms with Crippen LogP contribution in [0.25, 0.3) is 5.69 Å². The van der Waals surface area contributed by atoms with Crippen molar-refractivity contribution in [2.24, 2.45) is 0 Å². The number of aromatic nitrogens is 2. The summed E-state index contributed by atoms with van der Waals surface area (Å²) in [4.78, 5) is 11.1. The average molecular weight is 334 g/mol. The molecule has 0 amide bonds. The highest BCUT2D eigenvalue weighted by Gasteiger charge is 2.16. The van der Waals surface area contributed by atoms with Gasteiger partial charge < -0.3 is 14.6 Å². The van der Waals surface area contributed by atoms with Gasteiger partial charge in [-0.05, 0) is 30.5 Å². The minimum atomic E-state index is -1.29. The number of methoxy groups -OCH3 is 1. The summed E-state index contributed by atoms with van der Waals surface area (Å²) in [5.74, 6) is -1.76. The zero-order valence-electron chi connectivity index (χ0n) is 13.9. The third-order valence-electron chi connectivity index (χ3n) is 3.35. The molecule has 0 saturated carbocycles. The van der Waals surface area contributed by atoms with Gasteiger partial charge in [0, 0.05) is 12.3 Å². The van der Waals surface area contributed by atoms with Crippen LogP contribution in [0, 0.1) is 12.7 Å². The SMILES string of the molecule is CO/C=C(\Oc1cc(-n2ccc(C(C)C)n2)c(F)cc1C)C(=O)O. The van der Waals surface area contributed by atoms with E-state index in [1.165, 1.54) is 23.9 Å². The number of nitrogens with zero attached hydrogens (tertiary/aromatic N) is 2. The van der Waals surface area contributed by atoms with Crippen LogP contribution in [0.1, 0.15) is 31.0 Å². The largest absolute Gasteiger partial charge is 0.500 e. The molecule has 0 aliphatic rings. The highest BCUT2D eigenvalue weighted by molar-refractivity contribution is 5.84. The number of carboxylic acids is 1. The fourth-order valence-electron chi connectivity index (χ4n) is 2.05. The molecule has 0 radical (unpaired) electrons. The van der Waals surface area contributed by atoms with E-state index in [0.717, 1.165) is 12.0 Å². The van der Waals surface area contributed by atoms with Crippen LogP contribution < -0.4 is 4.74 Å². The summed E-state index contributed by atoms with van der Waals surface area (Å²) in [6.07, 6.45) is 2.62. The Labute approximate surface area is 139 Å². The van der Waals surface area contributed by atoms with Gasteiger partial charge in [-0.3, -0.25) is 0 Å². The van der Waals surface area contributed by atoms with Crippen LogP contribution in [-0.2, 0) is 9.53 Å². The quantitative estimate of drug-likeness (QED) is 0.647. The van der Waals surface area contributed by atoms with Crippen LogP contribution in [0.2, 0.25) is 0 Å². The molecule has 0 saturated heterocycles. The van der Waals surface area contributed by atoms with Crippen LogP contribution >= 0.6 is 0 Å². The van der Waals surface area contributed by atoms with Crippen molar-refractivity contribution in [3.63, 3.8) is 0 Å². The Bertz CT molecular complexity index is 781. The molecule has 1 aromatic carbocycles. The molecule has 0 atom stereocenters. The molecular weight excluding hydrogens is 315 g/mol. The van der Waals surface area contributed by atoms with Crippen molar-refractivity contribution < 1.29 is 23.8 Å². The molecule has 0 aliphatic carbocycles. The lowest BCUT2D eigenvalue weighted by atomic mass is 10.1. The van der Waals surface area contributed by atoms with E-state index in [4.69, 9.17) is 9.84 Å². The highest BCUT2D eigenvalue weighted by Crippen LogP contribution is 2.27. The molecule has 0 fully saturated rings. The maximum Gasteiger partial charge on any atom is 0.375 e. The number of aliphatic carboxylic acids is 1. The molecule has 0 unspecified atom stereocenters. The highest BCUT2D eigenvalue weighted by atomic mass is 19.1. The predicted octanol–water partition coefficient (Wildman–Crippen LogP) is 3.39. The van der Waals surface area contributed by atoms with Crippen molar-refractivity contribution in [3.8, 4) is 11.4 Å². The summed E-state index contributed by atoms with van der Waals surface area (Å²) in [6.45, 7) is 5.60. The van der Waals surface area contributed by atoms with Crippen LogP contribution in [0.3, 0.4) is 0 Å². The lowest BCUT2D eigenvalue weighted by molar-refractivity contribution is -0.135. The van der Waals surface area contributed by atoms with Crippen molar-refractivity contribution in [1.29, 1.82) is 0 Å². The molecule has 7 heteroatoms. The maximum atomic E-state index is 14.3. The standard InChI is InChI=1S/C17H19FN2O4/c1-10(2)13-5-6-20(19-13)14-8-15(11(3)7-12(14)18)24-16(9-23-4)17(21)22/h5-10H,1-4H3,(H,21,22)/b16-9-. The molecule has 0 aliphatic heterocycles. The van der Waals surface area contributed by atoms with Crippen LogP contribution in [0.15, 0.2) is 36.4 Å². The zero-order valence-corrected chi connectivity index (χ0v) is 13.9. The first-order valence-electron chi connectivity index (χ1n) is 7.33. The number of carboxylic acid groups (broad SMARTS) is 1. The normalized spacial score (nSPS) is 11.7. The Balaban J connectivity index is 2.44. The van der Waals surface area contributed by atoms with E-state index < -0.39 is 17.5 Å². The van der Waals surface area contributed by atoms with Crippen molar-refractivity contribution in [2.45, 2.75) is 26.7 Å². The molecule has 2 rings (SSSR count). The van der Waals surface area contributed by atoms with Crippen LogP contribution in [-0.4, -0.2) is 28.0 Å². The lowest BCUT2D eigenvalue weighted by Gasteiger charge is -2.12. The number of ether oxygens (including phenoxy) is 2. The van der Waals surface area contributed by atoms with Crippen molar-refractivity contribution in [2.75, 3.05) is 7.11 Å². The van der Waals surface area contributed by atoms with Gasteiger partial charge >= 0.3 is 5.97 Å². The molecule has 6 nitrogen and oxygen atoms in total. The van der Waals surface area contributed by atoms with Crippen molar-refractivity contribution in [1.82, 2.24) is 9.78 Å². The van der Waals surface area contributed by atoms with Gasteiger partial charge in [0.1, 0.15) is 23.5 Å². The molecule has 1 N–H and O–H groups in total. The van der Waals surface area contributed by atoms with E-state index in [1.807, 2.05) is 13.8 Å². The number of benzene rings is 1. The van der Waals surface area contributed by atoms with E-state index in [2.05, 4.69) is 9.84 Å². The molecule has 1 heterocycles. The number of rotatable bonds is 6. The first-order chi connectivity index (χ1) is 11.3. The number of halogens is 1. The summed E-state index contributed by atoms with van der Waals surface area (Å²) in [7, 11) is 1.31.